The lowest BCUT2D eigenvalue weighted by atomic mass is 9.82. The van der Waals surface area contributed by atoms with Gasteiger partial charge in [0.25, 0.3) is 0 Å². The van der Waals surface area contributed by atoms with Crippen molar-refractivity contribution in [1.29, 1.82) is 0 Å². The van der Waals surface area contributed by atoms with E-state index in [9.17, 15) is 9.90 Å². The summed E-state index contributed by atoms with van der Waals surface area (Å²) in [5.74, 6) is -0.918. The molecular weight excluding hydrogens is 344 g/mol. The molecule has 0 saturated carbocycles. The first-order chi connectivity index (χ1) is 13.7. The fourth-order valence-corrected chi connectivity index (χ4v) is 3.76. The predicted octanol–water partition coefficient (Wildman–Crippen LogP) is 6.69. The molecule has 0 bridgehead atoms. The Labute approximate surface area is 164 Å². The molecule has 0 heterocycles. The lowest BCUT2D eigenvalue weighted by Gasteiger charge is -2.21. The molecule has 0 amide bonds. The number of rotatable bonds is 4. The number of benzene rings is 4. The van der Waals surface area contributed by atoms with Crippen LogP contribution < -0.4 is 0 Å². The number of hydrogen-bond acceptors (Lipinski definition) is 1. The van der Waals surface area contributed by atoms with Crippen molar-refractivity contribution in [3.8, 4) is 33.4 Å². The molecule has 4 aromatic carbocycles. The first-order valence-electron chi connectivity index (χ1n) is 9.24. The third kappa shape index (κ3) is 3.21. The van der Waals surface area contributed by atoms with Crippen molar-refractivity contribution in [1.82, 2.24) is 0 Å². The highest BCUT2D eigenvalue weighted by Gasteiger charge is 2.23. The van der Waals surface area contributed by atoms with E-state index in [4.69, 9.17) is 0 Å². The second-order valence-electron chi connectivity index (χ2n) is 6.77. The molecule has 0 fully saturated rings. The van der Waals surface area contributed by atoms with Gasteiger partial charge in [-0.05, 0) is 46.4 Å². The maximum atomic E-state index is 12.2. The van der Waals surface area contributed by atoms with Crippen LogP contribution in [-0.4, -0.2) is 11.1 Å². The summed E-state index contributed by atoms with van der Waals surface area (Å²) in [7, 11) is 0. The Morgan fingerprint density at radius 2 is 1.00 bits per heavy atom. The minimum atomic E-state index is -0.918. The Kier molecular flexibility index (Phi) is 4.77. The molecule has 0 aliphatic heterocycles. The monoisotopic (exact) mass is 364 g/mol. The van der Waals surface area contributed by atoms with Gasteiger partial charge in [0.05, 0.1) is 5.56 Å². The molecule has 0 radical (unpaired) electrons. The smallest absolute Gasteiger partial charge is 0.336 e. The lowest BCUT2D eigenvalue weighted by Crippen LogP contribution is -2.05. The van der Waals surface area contributed by atoms with Crippen molar-refractivity contribution in [2.24, 2.45) is 0 Å². The summed E-state index contributed by atoms with van der Waals surface area (Å²) < 4.78 is 0. The Balaban J connectivity index is 2.18. The van der Waals surface area contributed by atoms with Crippen LogP contribution in [0.2, 0.25) is 0 Å². The molecule has 0 unspecified atom stereocenters. The zero-order valence-electron chi connectivity index (χ0n) is 15.6. The van der Waals surface area contributed by atoms with Crippen LogP contribution in [0.5, 0.6) is 0 Å². The van der Waals surface area contributed by atoms with Crippen LogP contribution in [0.15, 0.2) is 97.1 Å². The lowest BCUT2D eigenvalue weighted by molar-refractivity contribution is 0.0697. The van der Waals surface area contributed by atoms with Crippen molar-refractivity contribution >= 4 is 5.97 Å². The third-order valence-corrected chi connectivity index (χ3v) is 4.94. The van der Waals surface area contributed by atoms with E-state index in [1.54, 1.807) is 6.07 Å². The van der Waals surface area contributed by atoms with Crippen LogP contribution >= 0.6 is 0 Å². The summed E-state index contributed by atoms with van der Waals surface area (Å²) in [5, 5.41) is 9.98. The van der Waals surface area contributed by atoms with Gasteiger partial charge < -0.3 is 5.11 Å². The zero-order chi connectivity index (χ0) is 19.5. The largest absolute Gasteiger partial charge is 0.478 e. The Morgan fingerprint density at radius 1 is 0.607 bits per heavy atom. The van der Waals surface area contributed by atoms with E-state index in [1.807, 2.05) is 85.8 Å². The molecule has 0 aliphatic carbocycles. The number of aryl methyl sites for hydroxylation is 1. The standard InChI is InChI=1S/C26H20O2/c1-18-17-22(26(27)28)24(20-13-7-3-8-14-20)25(21-15-9-4-10-16-21)23(18)19-11-5-2-6-12-19/h2-17H,1H3,(H,27,28). The molecule has 4 rings (SSSR count). The molecule has 0 aliphatic rings. The van der Waals surface area contributed by atoms with Gasteiger partial charge in [-0.1, -0.05) is 91.0 Å². The minimum Gasteiger partial charge on any atom is -0.478 e. The Morgan fingerprint density at radius 3 is 1.43 bits per heavy atom. The van der Waals surface area contributed by atoms with Crippen molar-refractivity contribution in [3.05, 3.63) is 108 Å². The van der Waals surface area contributed by atoms with Crippen LogP contribution in [-0.2, 0) is 0 Å². The van der Waals surface area contributed by atoms with Gasteiger partial charge in [0.2, 0.25) is 0 Å². The number of aromatic carboxylic acids is 1. The van der Waals surface area contributed by atoms with Gasteiger partial charge in [-0.15, -0.1) is 0 Å². The van der Waals surface area contributed by atoms with E-state index in [1.165, 1.54) is 0 Å². The number of carboxylic acid groups (broad SMARTS) is 1. The average molecular weight is 364 g/mol. The first-order valence-corrected chi connectivity index (χ1v) is 9.24. The van der Waals surface area contributed by atoms with Crippen molar-refractivity contribution in [2.45, 2.75) is 6.92 Å². The summed E-state index contributed by atoms with van der Waals surface area (Å²) in [6.45, 7) is 1.98. The summed E-state index contributed by atoms with van der Waals surface area (Å²) in [5.41, 5.74) is 7.02. The average Bonchev–Trinajstić information content (AvgIpc) is 2.74. The van der Waals surface area contributed by atoms with Crippen LogP contribution in [0.25, 0.3) is 33.4 Å². The molecule has 2 nitrogen and oxygen atoms in total. The molecule has 0 atom stereocenters. The fourth-order valence-electron chi connectivity index (χ4n) is 3.76. The molecular formula is C26H20O2. The molecule has 136 valence electrons. The maximum absolute atomic E-state index is 12.2. The van der Waals surface area contributed by atoms with E-state index >= 15 is 0 Å². The van der Waals surface area contributed by atoms with E-state index in [2.05, 4.69) is 12.1 Å². The van der Waals surface area contributed by atoms with Crippen molar-refractivity contribution in [3.63, 3.8) is 0 Å². The van der Waals surface area contributed by atoms with Crippen LogP contribution in [0.4, 0.5) is 0 Å². The van der Waals surface area contributed by atoms with E-state index in [-0.39, 0.29) is 0 Å². The topological polar surface area (TPSA) is 37.3 Å². The Bertz CT molecular complexity index is 1120. The molecule has 0 aromatic heterocycles. The summed E-state index contributed by atoms with van der Waals surface area (Å²) in [4.78, 5) is 12.2. The highest BCUT2D eigenvalue weighted by molar-refractivity contribution is 6.06. The fraction of sp³-hybridized carbons (Fsp3) is 0.0385. The molecule has 0 spiro atoms. The molecule has 2 heteroatoms. The number of hydrogen-bond donors (Lipinski definition) is 1. The van der Waals surface area contributed by atoms with Gasteiger partial charge in [-0.3, -0.25) is 0 Å². The Hall–Kier alpha value is -3.65. The highest BCUT2D eigenvalue weighted by atomic mass is 16.4. The second kappa shape index (κ2) is 7.53. The van der Waals surface area contributed by atoms with Gasteiger partial charge in [0.1, 0.15) is 0 Å². The summed E-state index contributed by atoms with van der Waals surface area (Å²) in [6.07, 6.45) is 0. The number of carboxylic acids is 1. The zero-order valence-corrected chi connectivity index (χ0v) is 15.6. The van der Waals surface area contributed by atoms with E-state index in [0.29, 0.717) is 5.56 Å². The van der Waals surface area contributed by atoms with Gasteiger partial charge in [-0.25, -0.2) is 4.79 Å². The minimum absolute atomic E-state index is 0.322. The highest BCUT2D eigenvalue weighted by Crippen LogP contribution is 2.44. The summed E-state index contributed by atoms with van der Waals surface area (Å²) >= 11 is 0. The SMILES string of the molecule is Cc1cc(C(=O)O)c(-c2ccccc2)c(-c2ccccc2)c1-c1ccccc1. The molecule has 1 N–H and O–H groups in total. The molecule has 28 heavy (non-hydrogen) atoms. The summed E-state index contributed by atoms with van der Waals surface area (Å²) in [6, 6.07) is 31.8. The van der Waals surface area contributed by atoms with Crippen molar-refractivity contribution < 1.29 is 9.90 Å². The van der Waals surface area contributed by atoms with Crippen LogP contribution in [0, 0.1) is 6.92 Å². The normalized spacial score (nSPS) is 10.6. The van der Waals surface area contributed by atoms with Gasteiger partial charge in [0.15, 0.2) is 0 Å². The second-order valence-corrected chi connectivity index (χ2v) is 6.77. The van der Waals surface area contributed by atoms with Gasteiger partial charge >= 0.3 is 5.97 Å². The quantitative estimate of drug-likeness (QED) is 0.438. The van der Waals surface area contributed by atoms with Crippen LogP contribution in [0.3, 0.4) is 0 Å². The number of carbonyl (C=O) groups is 1. The molecule has 4 aromatic rings. The van der Waals surface area contributed by atoms with Crippen molar-refractivity contribution in [2.75, 3.05) is 0 Å². The first kappa shape index (κ1) is 17.7. The van der Waals surface area contributed by atoms with Crippen LogP contribution in [0.1, 0.15) is 15.9 Å². The van der Waals surface area contributed by atoms with Gasteiger partial charge in [0, 0.05) is 5.56 Å². The van der Waals surface area contributed by atoms with E-state index < -0.39 is 5.97 Å². The molecule has 0 saturated heterocycles. The third-order valence-electron chi connectivity index (χ3n) is 4.94. The van der Waals surface area contributed by atoms with E-state index in [0.717, 1.165) is 38.9 Å². The van der Waals surface area contributed by atoms with Gasteiger partial charge in [-0.2, -0.15) is 0 Å². The maximum Gasteiger partial charge on any atom is 0.336 e. The predicted molar refractivity (Wildman–Crippen MR) is 114 cm³/mol.